The van der Waals surface area contributed by atoms with Gasteiger partial charge in [0.2, 0.25) is 5.91 Å². The van der Waals surface area contributed by atoms with Crippen molar-refractivity contribution < 1.29 is 9.53 Å². The van der Waals surface area contributed by atoms with Gasteiger partial charge < -0.3 is 15.0 Å². The number of nitrogens with one attached hydrogen (secondary N) is 2. The SMILES string of the molecule is Cc1cnc2nc(-c3cc(NC(=O)CCCN4CCOCC4)ccc3Cl)[nH]c2c1. The largest absolute Gasteiger partial charge is 0.379 e. The van der Waals surface area contributed by atoms with E-state index in [1.165, 1.54) is 0 Å². The number of morpholine rings is 1. The zero-order chi connectivity index (χ0) is 20.2. The van der Waals surface area contributed by atoms with Crippen LogP contribution in [-0.4, -0.2) is 58.6 Å². The summed E-state index contributed by atoms with van der Waals surface area (Å²) in [6.45, 7) is 6.32. The molecule has 2 N–H and O–H groups in total. The van der Waals surface area contributed by atoms with Gasteiger partial charge in [0, 0.05) is 37.0 Å². The maximum absolute atomic E-state index is 12.3. The van der Waals surface area contributed by atoms with Crippen LogP contribution < -0.4 is 5.32 Å². The molecule has 7 nitrogen and oxygen atoms in total. The van der Waals surface area contributed by atoms with E-state index in [0.29, 0.717) is 28.6 Å². The van der Waals surface area contributed by atoms with Crippen LogP contribution in [0.3, 0.4) is 0 Å². The van der Waals surface area contributed by atoms with E-state index in [1.807, 2.05) is 19.1 Å². The van der Waals surface area contributed by atoms with Crippen LogP contribution in [0.1, 0.15) is 18.4 Å². The Balaban J connectivity index is 1.41. The molecular formula is C21H24ClN5O2. The fraction of sp³-hybridized carbons (Fsp3) is 0.381. The number of aromatic nitrogens is 3. The predicted molar refractivity (Wildman–Crippen MR) is 114 cm³/mol. The molecular weight excluding hydrogens is 390 g/mol. The highest BCUT2D eigenvalue weighted by Gasteiger charge is 2.13. The summed E-state index contributed by atoms with van der Waals surface area (Å²) in [6, 6.07) is 7.41. The smallest absolute Gasteiger partial charge is 0.224 e. The van der Waals surface area contributed by atoms with E-state index >= 15 is 0 Å². The number of carbonyl (C=O) groups is 1. The van der Waals surface area contributed by atoms with Crippen molar-refractivity contribution in [2.75, 3.05) is 38.2 Å². The number of carbonyl (C=O) groups excluding carboxylic acids is 1. The Morgan fingerprint density at radius 1 is 1.31 bits per heavy atom. The van der Waals surface area contributed by atoms with Crippen LogP contribution in [0.15, 0.2) is 30.5 Å². The summed E-state index contributed by atoms with van der Waals surface area (Å²) in [6.07, 6.45) is 3.08. The summed E-state index contributed by atoms with van der Waals surface area (Å²) in [5.41, 5.74) is 3.98. The summed E-state index contributed by atoms with van der Waals surface area (Å²) in [4.78, 5) is 26.8. The maximum atomic E-state index is 12.3. The van der Waals surface area contributed by atoms with Crippen LogP contribution in [-0.2, 0) is 9.53 Å². The van der Waals surface area contributed by atoms with E-state index in [0.717, 1.165) is 55.9 Å². The number of halogens is 1. The molecule has 1 amide bonds. The molecule has 8 heteroatoms. The highest BCUT2D eigenvalue weighted by Crippen LogP contribution is 2.30. The lowest BCUT2D eigenvalue weighted by molar-refractivity contribution is -0.116. The third kappa shape index (κ3) is 4.93. The molecule has 4 rings (SSSR count). The molecule has 3 heterocycles. The molecule has 1 aromatic carbocycles. The molecule has 0 bridgehead atoms. The number of rotatable bonds is 6. The number of H-pyrrole nitrogens is 1. The molecule has 152 valence electrons. The van der Waals surface area contributed by atoms with E-state index in [-0.39, 0.29) is 5.91 Å². The third-order valence-electron chi connectivity index (χ3n) is 4.96. The fourth-order valence-electron chi connectivity index (χ4n) is 3.43. The number of pyridine rings is 1. The molecule has 2 aromatic heterocycles. The van der Waals surface area contributed by atoms with Crippen molar-refractivity contribution in [1.29, 1.82) is 0 Å². The second-order valence-corrected chi connectivity index (χ2v) is 7.68. The number of hydrogen-bond donors (Lipinski definition) is 2. The van der Waals surface area contributed by atoms with Crippen molar-refractivity contribution in [2.24, 2.45) is 0 Å². The lowest BCUT2D eigenvalue weighted by Gasteiger charge is -2.26. The number of amides is 1. The lowest BCUT2D eigenvalue weighted by Crippen LogP contribution is -2.37. The summed E-state index contributed by atoms with van der Waals surface area (Å²) in [5, 5.41) is 3.52. The van der Waals surface area contributed by atoms with Crippen molar-refractivity contribution in [3.63, 3.8) is 0 Å². The van der Waals surface area contributed by atoms with Gasteiger partial charge in [0.25, 0.3) is 0 Å². The molecule has 0 radical (unpaired) electrons. The van der Waals surface area contributed by atoms with Crippen molar-refractivity contribution in [3.8, 4) is 11.4 Å². The van der Waals surface area contributed by atoms with Crippen LogP contribution >= 0.6 is 11.6 Å². The summed E-state index contributed by atoms with van der Waals surface area (Å²) in [7, 11) is 0. The number of benzene rings is 1. The van der Waals surface area contributed by atoms with Gasteiger partial charge >= 0.3 is 0 Å². The first-order valence-electron chi connectivity index (χ1n) is 9.81. The molecule has 1 fully saturated rings. The van der Waals surface area contributed by atoms with Gasteiger partial charge in [-0.2, -0.15) is 0 Å². The van der Waals surface area contributed by atoms with Crippen molar-refractivity contribution in [1.82, 2.24) is 19.9 Å². The number of aryl methyl sites for hydroxylation is 1. The van der Waals surface area contributed by atoms with Crippen LogP contribution in [0.4, 0.5) is 5.69 Å². The van der Waals surface area contributed by atoms with Gasteiger partial charge in [0.15, 0.2) is 5.65 Å². The molecule has 0 saturated carbocycles. The normalized spacial score (nSPS) is 15.0. The van der Waals surface area contributed by atoms with Crippen molar-refractivity contribution in [3.05, 3.63) is 41.0 Å². The Hall–Kier alpha value is -2.48. The monoisotopic (exact) mass is 413 g/mol. The van der Waals surface area contributed by atoms with E-state index in [1.54, 1.807) is 18.3 Å². The summed E-state index contributed by atoms with van der Waals surface area (Å²) in [5.74, 6) is 0.625. The Morgan fingerprint density at radius 3 is 2.97 bits per heavy atom. The highest BCUT2D eigenvalue weighted by molar-refractivity contribution is 6.33. The second kappa shape index (κ2) is 8.90. The molecule has 0 aliphatic carbocycles. The van der Waals surface area contributed by atoms with Crippen molar-refractivity contribution >= 4 is 34.4 Å². The highest BCUT2D eigenvalue weighted by atomic mass is 35.5. The Labute approximate surface area is 174 Å². The van der Waals surface area contributed by atoms with Crippen LogP contribution in [0.5, 0.6) is 0 Å². The standard InChI is InChI=1S/C21H24ClN5O2/c1-14-11-18-21(23-13-14)26-20(25-18)16-12-15(4-5-17(16)22)24-19(28)3-2-6-27-7-9-29-10-8-27/h4-5,11-13H,2-3,6-10H2,1H3,(H,24,28)(H,23,25,26). The topological polar surface area (TPSA) is 83.1 Å². The molecule has 0 atom stereocenters. The number of aromatic amines is 1. The number of imidazole rings is 1. The van der Waals surface area contributed by atoms with Gasteiger partial charge in [-0.3, -0.25) is 9.69 Å². The fourth-order valence-corrected chi connectivity index (χ4v) is 3.64. The maximum Gasteiger partial charge on any atom is 0.224 e. The molecule has 3 aromatic rings. The molecule has 29 heavy (non-hydrogen) atoms. The summed E-state index contributed by atoms with van der Waals surface area (Å²) >= 11 is 6.39. The Kier molecular flexibility index (Phi) is 6.08. The Morgan fingerprint density at radius 2 is 2.14 bits per heavy atom. The predicted octanol–water partition coefficient (Wildman–Crippen LogP) is 3.64. The lowest BCUT2D eigenvalue weighted by atomic mass is 10.2. The number of fused-ring (bicyclic) bond motifs is 1. The Bertz CT molecular complexity index is 1010. The number of nitrogens with zero attached hydrogens (tertiary/aromatic N) is 3. The van der Waals surface area contributed by atoms with Crippen LogP contribution in [0.25, 0.3) is 22.6 Å². The van der Waals surface area contributed by atoms with E-state index in [4.69, 9.17) is 16.3 Å². The van der Waals surface area contributed by atoms with Gasteiger partial charge in [-0.25, -0.2) is 9.97 Å². The number of ether oxygens (including phenoxy) is 1. The number of anilines is 1. The molecule has 1 aliphatic rings. The van der Waals surface area contributed by atoms with Crippen LogP contribution in [0.2, 0.25) is 5.02 Å². The first kappa shape index (κ1) is 19.8. The van der Waals surface area contributed by atoms with E-state index in [9.17, 15) is 4.79 Å². The van der Waals surface area contributed by atoms with Gasteiger partial charge in [-0.15, -0.1) is 0 Å². The average molecular weight is 414 g/mol. The zero-order valence-electron chi connectivity index (χ0n) is 16.4. The van der Waals surface area contributed by atoms with Gasteiger partial charge in [-0.1, -0.05) is 11.6 Å². The van der Waals surface area contributed by atoms with Crippen molar-refractivity contribution in [2.45, 2.75) is 19.8 Å². The second-order valence-electron chi connectivity index (χ2n) is 7.27. The minimum absolute atomic E-state index is 0.00608. The van der Waals surface area contributed by atoms with Gasteiger partial charge in [-0.05, 0) is 49.7 Å². The van der Waals surface area contributed by atoms with Gasteiger partial charge in [0.05, 0.1) is 23.8 Å². The number of hydrogen-bond acceptors (Lipinski definition) is 5. The minimum Gasteiger partial charge on any atom is -0.379 e. The molecule has 0 spiro atoms. The zero-order valence-corrected chi connectivity index (χ0v) is 17.1. The quantitative estimate of drug-likeness (QED) is 0.644. The minimum atomic E-state index is -0.00608. The first-order valence-corrected chi connectivity index (χ1v) is 10.2. The molecule has 1 saturated heterocycles. The third-order valence-corrected chi connectivity index (χ3v) is 5.29. The van der Waals surface area contributed by atoms with Crippen LogP contribution in [0, 0.1) is 6.92 Å². The van der Waals surface area contributed by atoms with E-state index < -0.39 is 0 Å². The first-order chi connectivity index (χ1) is 14.1. The molecule has 1 aliphatic heterocycles. The van der Waals surface area contributed by atoms with Gasteiger partial charge in [0.1, 0.15) is 5.82 Å². The average Bonchev–Trinajstić information content (AvgIpc) is 3.13. The van der Waals surface area contributed by atoms with E-state index in [2.05, 4.69) is 25.2 Å². The molecule has 0 unspecified atom stereocenters. The summed E-state index contributed by atoms with van der Waals surface area (Å²) < 4.78 is 5.35.